The number of rotatable bonds is 4. The van der Waals surface area contributed by atoms with Crippen molar-refractivity contribution in [2.24, 2.45) is 0 Å². The van der Waals surface area contributed by atoms with Crippen LogP contribution in [0.25, 0.3) is 0 Å². The Morgan fingerprint density at radius 3 is 2.50 bits per heavy atom. The first kappa shape index (κ1) is 12.3. The molecule has 0 radical (unpaired) electrons. The van der Waals surface area contributed by atoms with Gasteiger partial charge in [0.15, 0.2) is 0 Å². The molecule has 0 spiro atoms. The van der Waals surface area contributed by atoms with E-state index in [0.29, 0.717) is 0 Å². The molecule has 0 bridgehead atoms. The highest BCUT2D eigenvalue weighted by Gasteiger charge is 2.01. The highest BCUT2D eigenvalue weighted by Crippen LogP contribution is 2.21. The van der Waals surface area contributed by atoms with Crippen molar-refractivity contribution in [3.63, 3.8) is 0 Å². The van der Waals surface area contributed by atoms with E-state index in [0.717, 1.165) is 29.2 Å². The van der Waals surface area contributed by atoms with E-state index in [2.05, 4.69) is 5.32 Å². The van der Waals surface area contributed by atoms with Crippen molar-refractivity contribution in [2.45, 2.75) is 13.5 Å². The molecule has 0 fully saturated rings. The number of ether oxygens (including phenoxy) is 1. The maximum atomic E-state index is 5.87. The lowest BCUT2D eigenvalue weighted by Crippen LogP contribution is -2.02. The van der Waals surface area contributed by atoms with Crippen molar-refractivity contribution in [2.75, 3.05) is 18.2 Å². The number of nitrogens with one attached hydrogen (secondary N) is 1. The van der Waals surface area contributed by atoms with Crippen molar-refractivity contribution < 1.29 is 4.74 Å². The van der Waals surface area contributed by atoms with Crippen LogP contribution in [-0.4, -0.2) is 7.11 Å². The monoisotopic (exact) mass is 242 g/mol. The SMILES string of the molecule is COc1ccc(CNc2cccc(N)c2C)cc1. The number of hydrogen-bond donors (Lipinski definition) is 2. The fourth-order valence-electron chi connectivity index (χ4n) is 1.79. The van der Waals surface area contributed by atoms with Crippen molar-refractivity contribution in [3.05, 3.63) is 53.6 Å². The van der Waals surface area contributed by atoms with E-state index < -0.39 is 0 Å². The van der Waals surface area contributed by atoms with Gasteiger partial charge in [0.05, 0.1) is 7.11 Å². The van der Waals surface area contributed by atoms with E-state index in [1.807, 2.05) is 49.4 Å². The largest absolute Gasteiger partial charge is 0.497 e. The van der Waals surface area contributed by atoms with Crippen molar-refractivity contribution >= 4 is 11.4 Å². The van der Waals surface area contributed by atoms with Gasteiger partial charge in [0.2, 0.25) is 0 Å². The van der Waals surface area contributed by atoms with Gasteiger partial charge >= 0.3 is 0 Å². The molecule has 0 aliphatic carbocycles. The molecular weight excluding hydrogens is 224 g/mol. The molecule has 0 aliphatic heterocycles. The Hall–Kier alpha value is -2.16. The zero-order valence-corrected chi connectivity index (χ0v) is 10.7. The highest BCUT2D eigenvalue weighted by atomic mass is 16.5. The van der Waals surface area contributed by atoms with E-state index in [4.69, 9.17) is 10.5 Å². The van der Waals surface area contributed by atoms with E-state index in [1.54, 1.807) is 7.11 Å². The Labute approximate surface area is 108 Å². The third kappa shape index (κ3) is 2.74. The Morgan fingerprint density at radius 1 is 1.11 bits per heavy atom. The molecule has 2 rings (SSSR count). The Morgan fingerprint density at radius 2 is 1.83 bits per heavy atom. The number of methoxy groups -OCH3 is 1. The van der Waals surface area contributed by atoms with Crippen LogP contribution in [0, 0.1) is 6.92 Å². The maximum absolute atomic E-state index is 5.87. The van der Waals surface area contributed by atoms with Gasteiger partial charge in [-0.25, -0.2) is 0 Å². The second kappa shape index (κ2) is 5.45. The third-order valence-corrected chi connectivity index (χ3v) is 3.02. The van der Waals surface area contributed by atoms with Gasteiger partial charge in [-0.15, -0.1) is 0 Å². The van der Waals surface area contributed by atoms with Crippen LogP contribution in [0.15, 0.2) is 42.5 Å². The molecule has 0 amide bonds. The topological polar surface area (TPSA) is 47.3 Å². The van der Waals surface area contributed by atoms with E-state index in [9.17, 15) is 0 Å². The second-order valence-electron chi connectivity index (χ2n) is 4.22. The lowest BCUT2D eigenvalue weighted by molar-refractivity contribution is 0.414. The van der Waals surface area contributed by atoms with Crippen LogP contribution in [0.2, 0.25) is 0 Å². The number of anilines is 2. The molecule has 94 valence electrons. The summed E-state index contributed by atoms with van der Waals surface area (Å²) in [6.07, 6.45) is 0. The molecule has 0 unspecified atom stereocenters. The molecule has 0 saturated carbocycles. The molecule has 0 saturated heterocycles. The Kier molecular flexibility index (Phi) is 3.72. The van der Waals surface area contributed by atoms with Crippen molar-refractivity contribution in [1.29, 1.82) is 0 Å². The summed E-state index contributed by atoms with van der Waals surface area (Å²) in [6.45, 7) is 2.79. The molecule has 2 aromatic carbocycles. The minimum Gasteiger partial charge on any atom is -0.497 e. The quantitative estimate of drug-likeness (QED) is 0.809. The summed E-state index contributed by atoms with van der Waals surface area (Å²) in [6, 6.07) is 13.9. The van der Waals surface area contributed by atoms with Gasteiger partial charge in [0.1, 0.15) is 5.75 Å². The number of benzene rings is 2. The van der Waals surface area contributed by atoms with Crippen LogP contribution in [0.3, 0.4) is 0 Å². The standard InChI is InChI=1S/C15H18N2O/c1-11-14(16)4-3-5-15(11)17-10-12-6-8-13(18-2)9-7-12/h3-9,17H,10,16H2,1-2H3. The second-order valence-corrected chi connectivity index (χ2v) is 4.22. The molecule has 2 aromatic rings. The smallest absolute Gasteiger partial charge is 0.118 e. The fourth-order valence-corrected chi connectivity index (χ4v) is 1.79. The molecule has 3 nitrogen and oxygen atoms in total. The lowest BCUT2D eigenvalue weighted by Gasteiger charge is -2.11. The summed E-state index contributed by atoms with van der Waals surface area (Å²) in [7, 11) is 1.67. The van der Waals surface area contributed by atoms with Gasteiger partial charge in [-0.3, -0.25) is 0 Å². The Balaban J connectivity index is 2.04. The summed E-state index contributed by atoms with van der Waals surface area (Å²) in [5, 5.41) is 3.39. The molecule has 0 heterocycles. The van der Waals surface area contributed by atoms with Crippen LogP contribution >= 0.6 is 0 Å². The van der Waals surface area contributed by atoms with Gasteiger partial charge in [-0.05, 0) is 42.3 Å². The van der Waals surface area contributed by atoms with E-state index in [1.165, 1.54) is 5.56 Å². The van der Waals surface area contributed by atoms with E-state index in [-0.39, 0.29) is 0 Å². The van der Waals surface area contributed by atoms with E-state index >= 15 is 0 Å². The molecule has 18 heavy (non-hydrogen) atoms. The van der Waals surface area contributed by atoms with Gasteiger partial charge in [-0.1, -0.05) is 18.2 Å². The first-order valence-corrected chi connectivity index (χ1v) is 5.92. The summed E-state index contributed by atoms with van der Waals surface area (Å²) >= 11 is 0. The summed E-state index contributed by atoms with van der Waals surface area (Å²) in [4.78, 5) is 0. The predicted octanol–water partition coefficient (Wildman–Crippen LogP) is 3.20. The van der Waals surface area contributed by atoms with Crippen LogP contribution in [0.1, 0.15) is 11.1 Å². The minimum atomic E-state index is 0.772. The number of hydrogen-bond acceptors (Lipinski definition) is 3. The highest BCUT2D eigenvalue weighted by molar-refractivity contribution is 5.62. The fraction of sp³-hybridized carbons (Fsp3) is 0.200. The van der Waals surface area contributed by atoms with Gasteiger partial charge in [-0.2, -0.15) is 0 Å². The molecule has 0 aromatic heterocycles. The predicted molar refractivity (Wildman–Crippen MR) is 75.9 cm³/mol. The molecular formula is C15H18N2O. The summed E-state index contributed by atoms with van der Waals surface area (Å²) < 4.78 is 5.13. The molecule has 3 heteroatoms. The number of nitrogens with two attached hydrogens (primary N) is 1. The molecule has 0 aliphatic rings. The Bertz CT molecular complexity index is 521. The summed E-state index contributed by atoms with van der Waals surface area (Å²) in [5.41, 5.74) is 10.1. The molecule has 3 N–H and O–H groups in total. The minimum absolute atomic E-state index is 0.772. The van der Waals surface area contributed by atoms with Crippen LogP contribution in [0.5, 0.6) is 5.75 Å². The average Bonchev–Trinajstić information content (AvgIpc) is 2.41. The van der Waals surface area contributed by atoms with Gasteiger partial charge in [0.25, 0.3) is 0 Å². The first-order valence-electron chi connectivity index (χ1n) is 5.92. The average molecular weight is 242 g/mol. The van der Waals surface area contributed by atoms with Gasteiger partial charge in [0, 0.05) is 17.9 Å². The molecule has 0 atom stereocenters. The third-order valence-electron chi connectivity index (χ3n) is 3.02. The van der Waals surface area contributed by atoms with Crippen molar-refractivity contribution in [3.8, 4) is 5.75 Å². The van der Waals surface area contributed by atoms with Crippen molar-refractivity contribution in [1.82, 2.24) is 0 Å². The lowest BCUT2D eigenvalue weighted by atomic mass is 10.1. The van der Waals surface area contributed by atoms with Crippen LogP contribution in [-0.2, 0) is 6.54 Å². The van der Waals surface area contributed by atoms with Gasteiger partial charge < -0.3 is 15.8 Å². The zero-order valence-electron chi connectivity index (χ0n) is 10.7. The normalized spacial score (nSPS) is 10.1. The first-order chi connectivity index (χ1) is 8.70. The van der Waals surface area contributed by atoms with Crippen LogP contribution in [0.4, 0.5) is 11.4 Å². The number of nitrogen functional groups attached to an aromatic ring is 1. The maximum Gasteiger partial charge on any atom is 0.118 e. The summed E-state index contributed by atoms with van der Waals surface area (Å²) in [5.74, 6) is 0.874. The van der Waals surface area contributed by atoms with Crippen LogP contribution < -0.4 is 15.8 Å². The zero-order chi connectivity index (χ0) is 13.0.